The van der Waals surface area contributed by atoms with Crippen molar-refractivity contribution in [1.82, 2.24) is 0 Å². The lowest BCUT2D eigenvalue weighted by molar-refractivity contribution is -0.120. The number of ether oxygens (including phenoxy) is 1. The second kappa shape index (κ2) is 8.58. The Morgan fingerprint density at radius 1 is 0.875 bits per heavy atom. The monoisotopic (exact) mass is 438 g/mol. The van der Waals surface area contributed by atoms with Gasteiger partial charge in [-0.2, -0.15) is 0 Å². The second-order valence-electron chi connectivity index (χ2n) is 6.89. The van der Waals surface area contributed by atoms with Crippen LogP contribution in [0.5, 0.6) is 5.75 Å². The molecule has 0 bridgehead atoms. The highest BCUT2D eigenvalue weighted by Crippen LogP contribution is 2.34. The van der Waals surface area contributed by atoms with Gasteiger partial charge >= 0.3 is 0 Å². The zero-order valence-electron chi connectivity index (χ0n) is 16.9. The van der Waals surface area contributed by atoms with Crippen molar-refractivity contribution in [3.8, 4) is 5.75 Å². The number of imide groups is 1. The van der Waals surface area contributed by atoms with Gasteiger partial charge < -0.3 is 10.1 Å². The van der Waals surface area contributed by atoms with E-state index >= 15 is 0 Å². The Balaban J connectivity index is 1.80. The Kier molecular flexibility index (Phi) is 5.68. The molecule has 0 spiro atoms. The standard InChI is InChI=1S/C24H17F3N2O3/c1-2-32-18-9-6-14(7-10-18)21-22(28-16-8-11-19(26)20(27)13-16)24(31)29(23(21)30)17-5-3-4-15(25)12-17/h3-13,28H,2H2,1H3. The highest BCUT2D eigenvalue weighted by molar-refractivity contribution is 6.46. The molecule has 5 nitrogen and oxygen atoms in total. The van der Waals surface area contributed by atoms with Crippen LogP contribution in [0.2, 0.25) is 0 Å². The number of anilines is 2. The summed E-state index contributed by atoms with van der Waals surface area (Å²) in [4.78, 5) is 27.3. The van der Waals surface area contributed by atoms with Crippen molar-refractivity contribution in [2.45, 2.75) is 6.92 Å². The fraction of sp³-hybridized carbons (Fsp3) is 0.0833. The molecular formula is C24H17F3N2O3. The number of benzene rings is 3. The van der Waals surface area contributed by atoms with Gasteiger partial charge in [-0.3, -0.25) is 9.59 Å². The minimum atomic E-state index is -1.11. The Labute approximate surface area is 181 Å². The first-order valence-electron chi connectivity index (χ1n) is 9.73. The SMILES string of the molecule is CCOc1ccc(C2=C(Nc3ccc(F)c(F)c3)C(=O)N(c3cccc(F)c3)C2=O)cc1. The Morgan fingerprint density at radius 3 is 2.28 bits per heavy atom. The van der Waals surface area contributed by atoms with Gasteiger partial charge in [-0.1, -0.05) is 18.2 Å². The number of halogens is 3. The Bertz CT molecular complexity index is 1240. The third-order valence-electron chi connectivity index (χ3n) is 4.79. The lowest BCUT2D eigenvalue weighted by Crippen LogP contribution is -2.32. The predicted octanol–water partition coefficient (Wildman–Crippen LogP) is 4.90. The molecule has 0 aliphatic carbocycles. The maximum Gasteiger partial charge on any atom is 0.282 e. The van der Waals surface area contributed by atoms with Crippen molar-refractivity contribution in [1.29, 1.82) is 0 Å². The topological polar surface area (TPSA) is 58.6 Å². The normalized spacial score (nSPS) is 13.7. The predicted molar refractivity (Wildman–Crippen MR) is 113 cm³/mol. The molecule has 0 saturated heterocycles. The van der Waals surface area contributed by atoms with Crippen LogP contribution in [-0.2, 0) is 9.59 Å². The van der Waals surface area contributed by atoms with E-state index in [1.54, 1.807) is 24.3 Å². The van der Waals surface area contributed by atoms with Gasteiger partial charge in [0.15, 0.2) is 11.6 Å². The van der Waals surface area contributed by atoms with Crippen LogP contribution in [-0.4, -0.2) is 18.4 Å². The van der Waals surface area contributed by atoms with Gasteiger partial charge in [0.05, 0.1) is 17.9 Å². The van der Waals surface area contributed by atoms with Crippen LogP contribution in [0.1, 0.15) is 12.5 Å². The van der Waals surface area contributed by atoms with Crippen LogP contribution in [0.15, 0.2) is 72.4 Å². The number of carbonyl (C=O) groups is 2. The van der Waals surface area contributed by atoms with E-state index in [4.69, 9.17) is 4.74 Å². The molecule has 0 unspecified atom stereocenters. The van der Waals surface area contributed by atoms with Crippen LogP contribution >= 0.6 is 0 Å². The number of hydrogen-bond donors (Lipinski definition) is 1. The van der Waals surface area contributed by atoms with Gasteiger partial charge in [0.1, 0.15) is 17.3 Å². The van der Waals surface area contributed by atoms with E-state index in [1.807, 2.05) is 6.92 Å². The molecule has 1 N–H and O–H groups in total. The summed E-state index contributed by atoms with van der Waals surface area (Å²) in [5.74, 6) is -3.65. The molecule has 1 aliphatic rings. The maximum atomic E-state index is 13.8. The van der Waals surface area contributed by atoms with Gasteiger partial charge in [0.25, 0.3) is 11.8 Å². The molecule has 0 atom stereocenters. The molecule has 2 amide bonds. The summed E-state index contributed by atoms with van der Waals surface area (Å²) in [6.45, 7) is 2.28. The second-order valence-corrected chi connectivity index (χ2v) is 6.89. The molecule has 1 aliphatic heterocycles. The van der Waals surface area contributed by atoms with Crippen LogP contribution in [0.4, 0.5) is 24.5 Å². The molecule has 0 fully saturated rings. The van der Waals surface area contributed by atoms with Crippen molar-refractivity contribution in [3.63, 3.8) is 0 Å². The molecule has 4 rings (SSSR count). The minimum Gasteiger partial charge on any atom is -0.494 e. The molecule has 162 valence electrons. The fourth-order valence-corrected chi connectivity index (χ4v) is 3.37. The van der Waals surface area contributed by atoms with Crippen molar-refractivity contribution in [3.05, 3.63) is 95.4 Å². The molecule has 1 heterocycles. The van der Waals surface area contributed by atoms with E-state index in [1.165, 1.54) is 24.3 Å². The van der Waals surface area contributed by atoms with E-state index < -0.39 is 29.3 Å². The van der Waals surface area contributed by atoms with E-state index in [-0.39, 0.29) is 22.6 Å². The number of amides is 2. The largest absolute Gasteiger partial charge is 0.494 e. The highest BCUT2D eigenvalue weighted by Gasteiger charge is 2.40. The van der Waals surface area contributed by atoms with Crippen molar-refractivity contribution >= 4 is 28.8 Å². The van der Waals surface area contributed by atoms with Gasteiger partial charge in [0, 0.05) is 11.8 Å². The first kappa shape index (κ1) is 21.2. The van der Waals surface area contributed by atoms with Crippen LogP contribution < -0.4 is 15.0 Å². The van der Waals surface area contributed by atoms with Gasteiger partial charge in [-0.15, -0.1) is 0 Å². The molecule has 3 aromatic rings. The molecule has 0 aromatic heterocycles. The summed E-state index contributed by atoms with van der Waals surface area (Å²) in [7, 11) is 0. The molecule has 32 heavy (non-hydrogen) atoms. The van der Waals surface area contributed by atoms with Crippen molar-refractivity contribution < 1.29 is 27.5 Å². The zero-order chi connectivity index (χ0) is 22.8. The maximum absolute atomic E-state index is 13.8. The van der Waals surface area contributed by atoms with E-state index in [2.05, 4.69) is 5.32 Å². The Morgan fingerprint density at radius 2 is 1.62 bits per heavy atom. The summed E-state index contributed by atoms with van der Waals surface area (Å²) in [6, 6.07) is 14.6. The summed E-state index contributed by atoms with van der Waals surface area (Å²) in [5.41, 5.74) is 0.382. The first-order valence-corrected chi connectivity index (χ1v) is 9.73. The fourth-order valence-electron chi connectivity index (χ4n) is 3.37. The quantitative estimate of drug-likeness (QED) is 0.557. The smallest absolute Gasteiger partial charge is 0.282 e. The first-order chi connectivity index (χ1) is 15.4. The average Bonchev–Trinajstić information content (AvgIpc) is 3.01. The molecule has 8 heteroatoms. The number of rotatable bonds is 6. The minimum absolute atomic E-state index is 0.00652. The zero-order valence-corrected chi connectivity index (χ0v) is 16.9. The average molecular weight is 438 g/mol. The molecule has 3 aromatic carbocycles. The van der Waals surface area contributed by atoms with E-state index in [9.17, 15) is 22.8 Å². The van der Waals surface area contributed by atoms with Gasteiger partial charge in [0.2, 0.25) is 0 Å². The number of nitrogens with one attached hydrogen (secondary N) is 1. The lowest BCUT2D eigenvalue weighted by atomic mass is 10.0. The summed E-state index contributed by atoms with van der Waals surface area (Å²) in [5, 5.41) is 2.73. The molecule has 0 radical (unpaired) electrons. The number of hydrogen-bond acceptors (Lipinski definition) is 4. The van der Waals surface area contributed by atoms with Gasteiger partial charge in [-0.25, -0.2) is 18.1 Å². The van der Waals surface area contributed by atoms with Crippen LogP contribution in [0, 0.1) is 17.5 Å². The summed E-state index contributed by atoms with van der Waals surface area (Å²) >= 11 is 0. The van der Waals surface area contributed by atoms with Crippen LogP contribution in [0.3, 0.4) is 0 Å². The van der Waals surface area contributed by atoms with Crippen LogP contribution in [0.25, 0.3) is 5.57 Å². The summed E-state index contributed by atoms with van der Waals surface area (Å²) < 4.78 is 46.2. The molecular weight excluding hydrogens is 421 g/mol. The summed E-state index contributed by atoms with van der Waals surface area (Å²) in [6.07, 6.45) is 0. The Hall–Kier alpha value is -4.07. The van der Waals surface area contributed by atoms with Crippen molar-refractivity contribution in [2.75, 3.05) is 16.8 Å². The lowest BCUT2D eigenvalue weighted by Gasteiger charge is -2.15. The third-order valence-corrected chi connectivity index (χ3v) is 4.79. The van der Waals surface area contributed by atoms with Crippen molar-refractivity contribution in [2.24, 2.45) is 0 Å². The molecule has 0 saturated carbocycles. The van der Waals surface area contributed by atoms with E-state index in [0.717, 1.165) is 23.1 Å². The third kappa shape index (κ3) is 3.94. The highest BCUT2D eigenvalue weighted by atomic mass is 19.2. The number of nitrogens with zero attached hydrogens (tertiary/aromatic N) is 1. The van der Waals surface area contributed by atoms with Gasteiger partial charge in [-0.05, 0) is 55.0 Å². The number of carbonyl (C=O) groups excluding carboxylic acids is 2. The van der Waals surface area contributed by atoms with E-state index in [0.29, 0.717) is 17.9 Å².